The van der Waals surface area contributed by atoms with Crippen molar-refractivity contribution in [2.45, 2.75) is 18.4 Å². The van der Waals surface area contributed by atoms with E-state index in [1.165, 1.54) is 5.56 Å². The van der Waals surface area contributed by atoms with Gasteiger partial charge < -0.3 is 9.64 Å². The van der Waals surface area contributed by atoms with Gasteiger partial charge in [0.1, 0.15) is 5.60 Å². The largest absolute Gasteiger partial charge is 0.466 e. The van der Waals surface area contributed by atoms with Crippen molar-refractivity contribution in [3.8, 4) is 5.88 Å². The second-order valence-electron chi connectivity index (χ2n) is 5.43. The van der Waals surface area contributed by atoms with Crippen molar-refractivity contribution in [2.75, 3.05) is 20.1 Å². The molecular weight excluding hydrogens is 248 g/mol. The van der Waals surface area contributed by atoms with Gasteiger partial charge in [0.05, 0.1) is 0 Å². The van der Waals surface area contributed by atoms with Gasteiger partial charge in [0.2, 0.25) is 5.88 Å². The fourth-order valence-electron chi connectivity index (χ4n) is 2.78. The molecule has 1 fully saturated rings. The number of ether oxygens (including phenoxy) is 1. The average molecular weight is 268 g/mol. The summed E-state index contributed by atoms with van der Waals surface area (Å²) in [7, 11) is 2.16. The molecule has 3 rings (SSSR count). The summed E-state index contributed by atoms with van der Waals surface area (Å²) in [5, 5.41) is 0. The Hall–Kier alpha value is -1.87. The lowest BCUT2D eigenvalue weighted by Gasteiger charge is -2.40. The highest BCUT2D eigenvalue weighted by atomic mass is 16.5. The van der Waals surface area contributed by atoms with Gasteiger partial charge in [-0.3, -0.25) is 0 Å². The molecule has 104 valence electrons. The standard InChI is InChI=1S/C17H20N2O/c1-19-13-10-17(11-14-19,15-7-3-2-4-8-15)20-16-9-5-6-12-18-16/h2-9,12H,10-11,13-14H2,1H3. The number of rotatable bonds is 3. The van der Waals surface area contributed by atoms with E-state index in [2.05, 4.69) is 41.2 Å². The average Bonchev–Trinajstić information content (AvgIpc) is 2.52. The van der Waals surface area contributed by atoms with Crippen LogP contribution < -0.4 is 4.74 Å². The summed E-state index contributed by atoms with van der Waals surface area (Å²) < 4.78 is 6.34. The van der Waals surface area contributed by atoms with Crippen LogP contribution in [0.2, 0.25) is 0 Å². The Morgan fingerprint density at radius 2 is 1.70 bits per heavy atom. The van der Waals surface area contributed by atoms with Crippen molar-refractivity contribution in [2.24, 2.45) is 0 Å². The van der Waals surface area contributed by atoms with Gasteiger partial charge in [-0.25, -0.2) is 4.98 Å². The van der Waals surface area contributed by atoms with Crippen LogP contribution in [0.3, 0.4) is 0 Å². The summed E-state index contributed by atoms with van der Waals surface area (Å²) in [6.07, 6.45) is 3.76. The zero-order chi connectivity index (χ0) is 13.8. The Morgan fingerprint density at radius 3 is 2.35 bits per heavy atom. The fourth-order valence-corrected chi connectivity index (χ4v) is 2.78. The van der Waals surface area contributed by atoms with E-state index >= 15 is 0 Å². The molecule has 1 saturated heterocycles. The van der Waals surface area contributed by atoms with E-state index in [9.17, 15) is 0 Å². The maximum Gasteiger partial charge on any atom is 0.214 e. The summed E-state index contributed by atoms with van der Waals surface area (Å²) in [6, 6.07) is 16.3. The number of likely N-dealkylation sites (tertiary alicyclic amines) is 1. The number of nitrogens with zero attached hydrogens (tertiary/aromatic N) is 2. The molecule has 0 bridgehead atoms. The van der Waals surface area contributed by atoms with E-state index in [0.29, 0.717) is 5.88 Å². The number of hydrogen-bond donors (Lipinski definition) is 0. The van der Waals surface area contributed by atoms with E-state index in [1.54, 1.807) is 6.20 Å². The predicted molar refractivity (Wildman–Crippen MR) is 79.7 cm³/mol. The first kappa shape index (κ1) is 13.1. The van der Waals surface area contributed by atoms with E-state index in [-0.39, 0.29) is 5.60 Å². The molecular formula is C17H20N2O. The van der Waals surface area contributed by atoms with Crippen molar-refractivity contribution in [3.63, 3.8) is 0 Å². The molecule has 0 radical (unpaired) electrons. The highest BCUT2D eigenvalue weighted by molar-refractivity contribution is 5.26. The Bertz CT molecular complexity index is 533. The van der Waals surface area contributed by atoms with Crippen LogP contribution in [0.1, 0.15) is 18.4 Å². The SMILES string of the molecule is CN1CCC(Oc2ccccn2)(c2ccccc2)CC1. The molecule has 0 N–H and O–H groups in total. The van der Waals surface area contributed by atoms with Crippen LogP contribution in [0, 0.1) is 0 Å². The van der Waals surface area contributed by atoms with E-state index in [4.69, 9.17) is 4.74 Å². The van der Waals surface area contributed by atoms with Crippen LogP contribution in [-0.2, 0) is 5.60 Å². The molecule has 0 aliphatic carbocycles. The molecule has 1 aromatic heterocycles. The predicted octanol–water partition coefficient (Wildman–Crippen LogP) is 3.08. The molecule has 0 saturated carbocycles. The summed E-state index contributed by atoms with van der Waals surface area (Å²) >= 11 is 0. The van der Waals surface area contributed by atoms with Gasteiger partial charge >= 0.3 is 0 Å². The Balaban J connectivity index is 1.92. The summed E-state index contributed by atoms with van der Waals surface area (Å²) in [5.74, 6) is 0.709. The molecule has 20 heavy (non-hydrogen) atoms. The molecule has 1 aromatic carbocycles. The van der Waals surface area contributed by atoms with Gasteiger partial charge in [-0.15, -0.1) is 0 Å². The van der Waals surface area contributed by atoms with Crippen LogP contribution in [0.5, 0.6) is 5.88 Å². The number of piperidine rings is 1. The summed E-state index contributed by atoms with van der Waals surface area (Å²) in [6.45, 7) is 2.09. The number of hydrogen-bond acceptors (Lipinski definition) is 3. The first-order valence-electron chi connectivity index (χ1n) is 7.13. The number of aromatic nitrogens is 1. The lowest BCUT2D eigenvalue weighted by atomic mass is 9.84. The van der Waals surface area contributed by atoms with Crippen molar-refractivity contribution >= 4 is 0 Å². The highest BCUT2D eigenvalue weighted by Crippen LogP contribution is 2.36. The Labute approximate surface area is 120 Å². The Kier molecular flexibility index (Phi) is 3.70. The second-order valence-corrected chi connectivity index (χ2v) is 5.43. The molecule has 0 unspecified atom stereocenters. The third kappa shape index (κ3) is 2.68. The molecule has 1 aliphatic rings. The van der Waals surface area contributed by atoms with Crippen molar-refractivity contribution in [1.82, 2.24) is 9.88 Å². The van der Waals surface area contributed by atoms with Gasteiger partial charge in [-0.2, -0.15) is 0 Å². The minimum Gasteiger partial charge on any atom is -0.466 e. The van der Waals surface area contributed by atoms with Gasteiger partial charge in [-0.05, 0) is 18.7 Å². The van der Waals surface area contributed by atoms with Crippen LogP contribution in [0.25, 0.3) is 0 Å². The van der Waals surface area contributed by atoms with Crippen LogP contribution in [0.15, 0.2) is 54.7 Å². The normalized spacial score (nSPS) is 18.6. The minimum atomic E-state index is -0.248. The van der Waals surface area contributed by atoms with E-state index in [1.807, 2.05) is 24.3 Å². The lowest BCUT2D eigenvalue weighted by Crippen LogP contribution is -2.44. The number of pyridine rings is 1. The Morgan fingerprint density at radius 1 is 1.00 bits per heavy atom. The topological polar surface area (TPSA) is 25.4 Å². The van der Waals surface area contributed by atoms with Crippen molar-refractivity contribution in [1.29, 1.82) is 0 Å². The molecule has 3 nitrogen and oxygen atoms in total. The van der Waals surface area contributed by atoms with E-state index in [0.717, 1.165) is 25.9 Å². The molecule has 2 heterocycles. The van der Waals surface area contributed by atoms with Gasteiger partial charge in [0.25, 0.3) is 0 Å². The third-order valence-electron chi connectivity index (χ3n) is 4.03. The smallest absolute Gasteiger partial charge is 0.214 e. The highest BCUT2D eigenvalue weighted by Gasteiger charge is 2.37. The monoisotopic (exact) mass is 268 g/mol. The van der Waals surface area contributed by atoms with Gasteiger partial charge in [0, 0.05) is 38.2 Å². The lowest BCUT2D eigenvalue weighted by molar-refractivity contribution is 0.000101. The minimum absolute atomic E-state index is 0.248. The zero-order valence-electron chi connectivity index (χ0n) is 11.8. The van der Waals surface area contributed by atoms with Crippen LogP contribution in [0.4, 0.5) is 0 Å². The molecule has 1 aliphatic heterocycles. The fraction of sp³-hybridized carbons (Fsp3) is 0.353. The second kappa shape index (κ2) is 5.63. The molecule has 0 amide bonds. The maximum atomic E-state index is 6.34. The molecule has 3 heteroatoms. The quantitative estimate of drug-likeness (QED) is 0.855. The van der Waals surface area contributed by atoms with Gasteiger partial charge in [0.15, 0.2) is 0 Å². The van der Waals surface area contributed by atoms with Gasteiger partial charge in [-0.1, -0.05) is 36.4 Å². The van der Waals surface area contributed by atoms with Crippen LogP contribution in [-0.4, -0.2) is 30.0 Å². The third-order valence-corrected chi connectivity index (χ3v) is 4.03. The molecule has 2 aromatic rings. The van der Waals surface area contributed by atoms with Crippen molar-refractivity contribution in [3.05, 3.63) is 60.3 Å². The maximum absolute atomic E-state index is 6.34. The summed E-state index contributed by atoms with van der Waals surface area (Å²) in [5.41, 5.74) is 1.00. The zero-order valence-corrected chi connectivity index (χ0v) is 11.8. The first-order chi connectivity index (χ1) is 9.78. The van der Waals surface area contributed by atoms with E-state index < -0.39 is 0 Å². The first-order valence-corrected chi connectivity index (χ1v) is 7.13. The number of benzene rings is 1. The van der Waals surface area contributed by atoms with Crippen molar-refractivity contribution < 1.29 is 4.74 Å². The molecule has 0 atom stereocenters. The summed E-state index contributed by atoms with van der Waals surface area (Å²) in [4.78, 5) is 6.68. The molecule has 0 spiro atoms. The van der Waals surface area contributed by atoms with Crippen LogP contribution >= 0.6 is 0 Å².